The minimum Gasteiger partial charge on any atom is -0.207 e. The first kappa shape index (κ1) is 11.2. The van der Waals surface area contributed by atoms with Crippen LogP contribution < -0.4 is 0 Å². The summed E-state index contributed by atoms with van der Waals surface area (Å²) in [6.45, 7) is 2.15. The highest BCUT2D eigenvalue weighted by Crippen LogP contribution is 2.60. The molecule has 17 heavy (non-hydrogen) atoms. The molecule has 0 atom stereocenters. The molecular weight excluding hydrogens is 218 g/mol. The molecule has 0 amide bonds. The molecule has 0 N–H and O–H groups in total. The van der Waals surface area contributed by atoms with Crippen LogP contribution in [-0.2, 0) is 5.41 Å². The van der Waals surface area contributed by atoms with Gasteiger partial charge in [-0.25, -0.2) is 8.78 Å². The van der Waals surface area contributed by atoms with Crippen LogP contribution in [0.3, 0.4) is 0 Å². The first-order valence-corrected chi connectivity index (χ1v) is 6.48. The van der Waals surface area contributed by atoms with Crippen LogP contribution in [0.15, 0.2) is 18.2 Å². The molecule has 3 rings (SSSR count). The molecule has 2 fully saturated rings. The summed E-state index contributed by atoms with van der Waals surface area (Å²) in [4.78, 5) is 0. The molecule has 2 heteroatoms. The van der Waals surface area contributed by atoms with Crippen molar-refractivity contribution in [1.29, 1.82) is 0 Å². The number of hydrogen-bond acceptors (Lipinski definition) is 0. The van der Waals surface area contributed by atoms with E-state index in [0.717, 1.165) is 24.5 Å². The Balaban J connectivity index is 1.86. The van der Waals surface area contributed by atoms with E-state index in [1.165, 1.54) is 37.8 Å². The van der Waals surface area contributed by atoms with Gasteiger partial charge in [0.2, 0.25) is 0 Å². The van der Waals surface area contributed by atoms with Crippen molar-refractivity contribution in [2.45, 2.75) is 50.9 Å². The predicted molar refractivity (Wildman–Crippen MR) is 63.8 cm³/mol. The van der Waals surface area contributed by atoms with Crippen molar-refractivity contribution < 1.29 is 8.78 Å². The number of halogens is 2. The van der Waals surface area contributed by atoms with Gasteiger partial charge < -0.3 is 0 Å². The van der Waals surface area contributed by atoms with Crippen LogP contribution in [-0.4, -0.2) is 0 Å². The Hall–Kier alpha value is -0.920. The summed E-state index contributed by atoms with van der Waals surface area (Å²) in [6.07, 6.45) is 7.30. The van der Waals surface area contributed by atoms with E-state index >= 15 is 0 Å². The zero-order chi connectivity index (χ0) is 12.1. The van der Waals surface area contributed by atoms with Gasteiger partial charge in [-0.05, 0) is 67.1 Å². The van der Waals surface area contributed by atoms with Crippen LogP contribution in [0, 0.1) is 17.0 Å². The Labute approximate surface area is 101 Å². The molecule has 0 nitrogen and oxygen atoms in total. The molecule has 0 heterocycles. The maximum atomic E-state index is 13.3. The summed E-state index contributed by atoms with van der Waals surface area (Å²) in [5.74, 6) is -0.902. The zero-order valence-corrected chi connectivity index (χ0v) is 10.2. The van der Waals surface area contributed by atoms with Crippen LogP contribution in [0.1, 0.15) is 51.0 Å². The van der Waals surface area contributed by atoms with Gasteiger partial charge in [-0.1, -0.05) is 6.92 Å². The summed E-state index contributed by atoms with van der Waals surface area (Å²) in [6, 6.07) is 3.97. The van der Waals surface area contributed by atoms with Crippen molar-refractivity contribution in [2.75, 3.05) is 0 Å². The van der Waals surface area contributed by atoms with Gasteiger partial charge in [-0.15, -0.1) is 0 Å². The van der Waals surface area contributed by atoms with Crippen molar-refractivity contribution in [3.8, 4) is 0 Å². The third kappa shape index (κ3) is 1.98. The van der Waals surface area contributed by atoms with Crippen LogP contribution in [0.5, 0.6) is 0 Å². The molecule has 1 spiro atoms. The summed E-state index contributed by atoms with van der Waals surface area (Å²) in [7, 11) is 0. The average Bonchev–Trinajstić information content (AvgIpc) is 3.02. The maximum absolute atomic E-state index is 13.3. The smallest absolute Gasteiger partial charge is 0.126 e. The molecule has 1 aromatic rings. The number of benzene rings is 1. The molecule has 0 aromatic heterocycles. The summed E-state index contributed by atoms with van der Waals surface area (Å²) < 4.78 is 26.6. The quantitative estimate of drug-likeness (QED) is 0.669. The molecule has 2 aliphatic rings. The van der Waals surface area contributed by atoms with Gasteiger partial charge in [0.05, 0.1) is 0 Å². The van der Waals surface area contributed by atoms with E-state index in [9.17, 15) is 8.78 Å². The largest absolute Gasteiger partial charge is 0.207 e. The Kier molecular flexibility index (Phi) is 2.33. The Bertz CT molecular complexity index is 416. The standard InChI is InChI=1S/C15H18F2/c1-14(2-4-15(5-3-14)6-7-15)11-8-12(16)10-13(17)9-11/h8-10H,2-7H2,1H3. The van der Waals surface area contributed by atoms with Gasteiger partial charge in [-0.3, -0.25) is 0 Å². The lowest BCUT2D eigenvalue weighted by molar-refractivity contribution is 0.230. The van der Waals surface area contributed by atoms with Gasteiger partial charge in [0.1, 0.15) is 11.6 Å². The lowest BCUT2D eigenvalue weighted by Crippen LogP contribution is -2.29. The van der Waals surface area contributed by atoms with E-state index in [1.54, 1.807) is 0 Å². The van der Waals surface area contributed by atoms with E-state index in [0.29, 0.717) is 5.41 Å². The second kappa shape index (κ2) is 3.54. The first-order valence-electron chi connectivity index (χ1n) is 6.48. The summed E-state index contributed by atoms with van der Waals surface area (Å²) in [5, 5.41) is 0. The number of rotatable bonds is 1. The Morgan fingerprint density at radius 1 is 0.824 bits per heavy atom. The minimum atomic E-state index is -0.451. The van der Waals surface area contributed by atoms with Crippen molar-refractivity contribution in [3.05, 3.63) is 35.4 Å². The van der Waals surface area contributed by atoms with E-state index in [-0.39, 0.29) is 5.41 Å². The fourth-order valence-corrected chi connectivity index (χ4v) is 3.20. The first-order chi connectivity index (χ1) is 8.01. The van der Waals surface area contributed by atoms with Crippen molar-refractivity contribution in [1.82, 2.24) is 0 Å². The Morgan fingerprint density at radius 3 is 1.76 bits per heavy atom. The van der Waals surface area contributed by atoms with Crippen LogP contribution in [0.25, 0.3) is 0 Å². The molecular formula is C15H18F2. The minimum absolute atomic E-state index is 0.0310. The maximum Gasteiger partial charge on any atom is 0.126 e. The fraction of sp³-hybridized carbons (Fsp3) is 0.600. The molecule has 2 saturated carbocycles. The monoisotopic (exact) mass is 236 g/mol. The van der Waals surface area contributed by atoms with Crippen molar-refractivity contribution >= 4 is 0 Å². The van der Waals surface area contributed by atoms with Gasteiger partial charge in [0.15, 0.2) is 0 Å². The molecule has 0 saturated heterocycles. The second-order valence-corrected chi connectivity index (χ2v) is 6.22. The van der Waals surface area contributed by atoms with Crippen LogP contribution in [0.2, 0.25) is 0 Å². The second-order valence-electron chi connectivity index (χ2n) is 6.22. The van der Waals surface area contributed by atoms with Gasteiger partial charge >= 0.3 is 0 Å². The average molecular weight is 236 g/mol. The van der Waals surface area contributed by atoms with Gasteiger partial charge in [0.25, 0.3) is 0 Å². The Morgan fingerprint density at radius 2 is 1.29 bits per heavy atom. The highest BCUT2D eigenvalue weighted by Gasteiger charge is 2.48. The highest BCUT2D eigenvalue weighted by molar-refractivity contribution is 5.27. The third-order valence-electron chi connectivity index (χ3n) is 4.93. The summed E-state index contributed by atoms with van der Waals surface area (Å²) in [5.41, 5.74) is 1.42. The van der Waals surface area contributed by atoms with Crippen LogP contribution in [0.4, 0.5) is 8.78 Å². The van der Waals surface area contributed by atoms with E-state index in [1.807, 2.05) is 0 Å². The van der Waals surface area contributed by atoms with Crippen molar-refractivity contribution in [3.63, 3.8) is 0 Å². The van der Waals surface area contributed by atoms with E-state index < -0.39 is 11.6 Å². The van der Waals surface area contributed by atoms with E-state index in [2.05, 4.69) is 6.92 Å². The fourth-order valence-electron chi connectivity index (χ4n) is 3.20. The molecule has 2 aliphatic carbocycles. The number of hydrogen-bond donors (Lipinski definition) is 0. The van der Waals surface area contributed by atoms with Gasteiger partial charge in [-0.2, -0.15) is 0 Å². The topological polar surface area (TPSA) is 0 Å². The van der Waals surface area contributed by atoms with Crippen LogP contribution >= 0.6 is 0 Å². The van der Waals surface area contributed by atoms with E-state index in [4.69, 9.17) is 0 Å². The molecule has 0 aliphatic heterocycles. The van der Waals surface area contributed by atoms with Gasteiger partial charge in [0, 0.05) is 6.07 Å². The lowest BCUT2D eigenvalue weighted by atomic mass is 9.67. The summed E-state index contributed by atoms with van der Waals surface area (Å²) >= 11 is 0. The normalized spacial score (nSPS) is 24.9. The SMILES string of the molecule is CC1(c2cc(F)cc(F)c2)CCC2(CC2)CC1. The molecule has 1 aromatic carbocycles. The molecule has 92 valence electrons. The molecule has 0 radical (unpaired) electrons. The lowest BCUT2D eigenvalue weighted by Gasteiger charge is -2.38. The highest BCUT2D eigenvalue weighted by atomic mass is 19.1. The zero-order valence-electron chi connectivity index (χ0n) is 10.2. The third-order valence-corrected chi connectivity index (χ3v) is 4.93. The van der Waals surface area contributed by atoms with Crippen molar-refractivity contribution in [2.24, 2.45) is 5.41 Å². The molecule has 0 unspecified atom stereocenters. The molecule has 0 bridgehead atoms. The predicted octanol–water partition coefficient (Wildman–Crippen LogP) is 4.58.